The quantitative estimate of drug-likeness (QED) is 0.418. The van der Waals surface area contributed by atoms with Crippen LogP contribution in [0.25, 0.3) is 0 Å². The monoisotopic (exact) mass is 366 g/mol. The molecule has 118 valence electrons. The van der Waals surface area contributed by atoms with Gasteiger partial charge in [0.2, 0.25) is 0 Å². The van der Waals surface area contributed by atoms with E-state index in [1.807, 2.05) is 26.8 Å². The number of allylic oxidation sites excluding steroid dienone is 8. The molecular formula is C16H28Cl2SiTi-4. The third-order valence-corrected chi connectivity index (χ3v) is 2.72. The Balaban J connectivity index is -0.0000000566. The van der Waals surface area contributed by atoms with Gasteiger partial charge in [-0.05, 0) is 0 Å². The predicted molar refractivity (Wildman–Crippen MR) is 97.5 cm³/mol. The van der Waals surface area contributed by atoms with Gasteiger partial charge >= 0.3 is 26.8 Å². The number of hydrogen-bond acceptors (Lipinski definition) is 0. The SMILES string of the molecule is CC1=C(C)C[C-]=C1.CC1=C(C)C[C-]=C1.Cl.Cl.[CH3-].[CH3-].[SiH2]=[Ti]. The summed E-state index contributed by atoms with van der Waals surface area (Å²) in [6.45, 7) is 8.53. The first-order chi connectivity index (χ1) is 7.61. The maximum atomic E-state index is 3.12. The fraction of sp³-hybridized carbons (Fsp3) is 0.375. The molecule has 0 bridgehead atoms. The summed E-state index contributed by atoms with van der Waals surface area (Å²) in [4.78, 5) is 0. The van der Waals surface area contributed by atoms with Crippen LogP contribution in [0, 0.1) is 27.0 Å². The Morgan fingerprint density at radius 2 is 1.05 bits per heavy atom. The van der Waals surface area contributed by atoms with Crippen LogP contribution in [0.2, 0.25) is 0 Å². The predicted octanol–water partition coefficient (Wildman–Crippen LogP) is 5.00. The normalized spacial score (nSPS) is 13.6. The summed E-state index contributed by atoms with van der Waals surface area (Å²) in [5, 5.41) is 0. The van der Waals surface area contributed by atoms with E-state index in [0.29, 0.717) is 0 Å². The molecule has 2 aliphatic carbocycles. The first-order valence-corrected chi connectivity index (χ1v) is 9.44. The van der Waals surface area contributed by atoms with Gasteiger partial charge in [0, 0.05) is 0 Å². The zero-order chi connectivity index (χ0) is 12.6. The molecule has 20 heavy (non-hydrogen) atoms. The fourth-order valence-electron chi connectivity index (χ4n) is 1.24. The van der Waals surface area contributed by atoms with Gasteiger partial charge in [0.05, 0.1) is 0 Å². The van der Waals surface area contributed by atoms with E-state index in [2.05, 4.69) is 52.0 Å². The second kappa shape index (κ2) is 19.5. The van der Waals surface area contributed by atoms with Crippen molar-refractivity contribution in [2.24, 2.45) is 0 Å². The van der Waals surface area contributed by atoms with E-state index in [0.717, 1.165) is 12.8 Å². The van der Waals surface area contributed by atoms with E-state index in [1.165, 1.54) is 22.3 Å². The zero-order valence-electron chi connectivity index (χ0n) is 13.6. The van der Waals surface area contributed by atoms with Crippen molar-refractivity contribution in [1.29, 1.82) is 0 Å². The van der Waals surface area contributed by atoms with Crippen molar-refractivity contribution in [2.45, 2.75) is 40.5 Å². The summed E-state index contributed by atoms with van der Waals surface area (Å²) in [6.07, 6.45) is 12.4. The van der Waals surface area contributed by atoms with Crippen LogP contribution in [0.4, 0.5) is 0 Å². The Labute approximate surface area is 153 Å². The molecule has 0 aromatic rings. The second-order valence-corrected chi connectivity index (χ2v) is 3.98. The molecule has 0 atom stereocenters. The molecule has 0 N–H and O–H groups in total. The molecule has 0 radical (unpaired) electrons. The van der Waals surface area contributed by atoms with E-state index in [-0.39, 0.29) is 39.7 Å². The van der Waals surface area contributed by atoms with Gasteiger partial charge in [-0.1, -0.05) is 13.8 Å². The van der Waals surface area contributed by atoms with Crippen molar-refractivity contribution in [2.75, 3.05) is 0 Å². The molecule has 2 rings (SSSR count). The number of halogens is 2. The van der Waals surface area contributed by atoms with Gasteiger partial charge in [-0.2, -0.15) is 11.1 Å². The van der Waals surface area contributed by atoms with Gasteiger partial charge in [-0.25, -0.2) is 23.3 Å². The summed E-state index contributed by atoms with van der Waals surface area (Å²) in [5.74, 6) is 0. The maximum absolute atomic E-state index is 3.12. The average molecular weight is 367 g/mol. The second-order valence-electron chi connectivity index (χ2n) is 3.98. The molecule has 0 heterocycles. The summed E-state index contributed by atoms with van der Waals surface area (Å²) in [5.41, 5.74) is 5.69. The molecule has 0 saturated carbocycles. The molecule has 0 amide bonds. The molecule has 0 saturated heterocycles. The summed E-state index contributed by atoms with van der Waals surface area (Å²) in [7, 11) is 1.86. The van der Waals surface area contributed by atoms with Gasteiger partial charge in [0.1, 0.15) is 0 Å². The average Bonchev–Trinajstić information content (AvgIpc) is 2.83. The van der Waals surface area contributed by atoms with E-state index in [1.54, 1.807) is 0 Å². The summed E-state index contributed by atoms with van der Waals surface area (Å²) >= 11 is 2.03. The fourth-order valence-corrected chi connectivity index (χ4v) is 1.24. The minimum absolute atomic E-state index is 0. The Hall–Kier alpha value is 0.471. The standard InChI is InChI=1S/2C7H9.2CH3.2ClH.H2Si.Ti/c2*1-6-4-3-5-7(6)2;;;;;;/h2*4H,5H2,1-2H3;2*1H3;2*1H;1H2;/q4*-1;;;;. The van der Waals surface area contributed by atoms with Crippen molar-refractivity contribution in [1.82, 2.24) is 0 Å². The van der Waals surface area contributed by atoms with Crippen LogP contribution in [0.3, 0.4) is 0 Å². The molecule has 0 unspecified atom stereocenters. The van der Waals surface area contributed by atoms with Gasteiger partial charge in [-0.15, -0.1) is 51.5 Å². The van der Waals surface area contributed by atoms with Crippen LogP contribution in [0.5, 0.6) is 0 Å². The topological polar surface area (TPSA) is 0 Å². The van der Waals surface area contributed by atoms with Crippen molar-refractivity contribution < 1.29 is 19.2 Å². The van der Waals surface area contributed by atoms with E-state index in [9.17, 15) is 0 Å². The van der Waals surface area contributed by atoms with Gasteiger partial charge in [0.25, 0.3) is 0 Å². The molecule has 0 nitrogen and oxygen atoms in total. The third kappa shape index (κ3) is 13.5. The van der Waals surface area contributed by atoms with Crippen LogP contribution in [-0.4, -0.2) is 7.63 Å². The van der Waals surface area contributed by atoms with Crippen LogP contribution in [-0.2, 0) is 19.2 Å². The van der Waals surface area contributed by atoms with Crippen molar-refractivity contribution in [3.8, 4) is 0 Å². The molecule has 0 spiro atoms. The Kier molecular flexibility index (Phi) is 31.6. The molecule has 0 aromatic carbocycles. The minimum atomic E-state index is 0. The first-order valence-electron chi connectivity index (χ1n) is 5.42. The van der Waals surface area contributed by atoms with Gasteiger partial charge in [-0.3, -0.25) is 12.2 Å². The molecule has 2 aliphatic rings. The number of rotatable bonds is 0. The summed E-state index contributed by atoms with van der Waals surface area (Å²) < 4.78 is 0. The van der Waals surface area contributed by atoms with Crippen molar-refractivity contribution in [3.05, 3.63) is 61.4 Å². The molecular weight excluding hydrogens is 339 g/mol. The number of hydrogen-bond donors (Lipinski definition) is 0. The Morgan fingerprint density at radius 1 is 0.800 bits per heavy atom. The Morgan fingerprint density at radius 3 is 1.10 bits per heavy atom. The van der Waals surface area contributed by atoms with Crippen molar-refractivity contribution in [3.63, 3.8) is 0 Å². The first kappa shape index (κ1) is 32.4. The van der Waals surface area contributed by atoms with Gasteiger partial charge < -0.3 is 14.9 Å². The molecule has 4 heteroatoms. The van der Waals surface area contributed by atoms with Crippen molar-refractivity contribution >= 4 is 32.4 Å². The van der Waals surface area contributed by atoms with Crippen LogP contribution < -0.4 is 0 Å². The Bertz CT molecular complexity index is 321. The van der Waals surface area contributed by atoms with E-state index >= 15 is 0 Å². The van der Waals surface area contributed by atoms with Crippen LogP contribution in [0.15, 0.2) is 34.4 Å². The van der Waals surface area contributed by atoms with E-state index in [4.69, 9.17) is 0 Å². The van der Waals surface area contributed by atoms with Crippen LogP contribution in [0.1, 0.15) is 40.5 Å². The van der Waals surface area contributed by atoms with Gasteiger partial charge in [0.15, 0.2) is 0 Å². The molecule has 0 fully saturated rings. The van der Waals surface area contributed by atoms with Crippen LogP contribution >= 0.6 is 24.8 Å². The summed E-state index contributed by atoms with van der Waals surface area (Å²) in [6, 6.07) is 0. The third-order valence-electron chi connectivity index (χ3n) is 2.72. The van der Waals surface area contributed by atoms with E-state index < -0.39 is 0 Å². The molecule has 0 aliphatic heterocycles. The zero-order valence-corrected chi connectivity index (χ0v) is 18.2. The molecule has 0 aromatic heterocycles.